The number of guanidine groups is 1. The molecule has 0 atom stereocenters. The minimum atomic E-state index is -0.204. The van der Waals surface area contributed by atoms with Crippen molar-refractivity contribution < 1.29 is 4.74 Å². The van der Waals surface area contributed by atoms with Crippen molar-refractivity contribution in [1.29, 1.82) is 0 Å². The summed E-state index contributed by atoms with van der Waals surface area (Å²) < 4.78 is 6.43. The summed E-state index contributed by atoms with van der Waals surface area (Å²) in [7, 11) is 0. The average Bonchev–Trinajstić information content (AvgIpc) is 2.75. The van der Waals surface area contributed by atoms with Gasteiger partial charge in [0.1, 0.15) is 16.0 Å². The van der Waals surface area contributed by atoms with Crippen LogP contribution in [0.1, 0.15) is 59.6 Å². The average molecular weight is 492 g/mol. The van der Waals surface area contributed by atoms with Crippen molar-refractivity contribution in [3.8, 4) is 17.1 Å². The van der Waals surface area contributed by atoms with E-state index in [9.17, 15) is 4.79 Å². The van der Waals surface area contributed by atoms with E-state index in [2.05, 4.69) is 56.9 Å². The molecule has 0 unspecified atom stereocenters. The predicted octanol–water partition coefficient (Wildman–Crippen LogP) is 5.24. The van der Waals surface area contributed by atoms with Gasteiger partial charge in [-0.15, -0.1) is 0 Å². The number of aromatic amines is 1. The monoisotopic (exact) mass is 491 g/mol. The van der Waals surface area contributed by atoms with Gasteiger partial charge in [-0.05, 0) is 67.2 Å². The Kier molecular flexibility index (Phi) is 9.55. The molecule has 2 aromatic rings. The van der Waals surface area contributed by atoms with Gasteiger partial charge < -0.3 is 19.9 Å². The van der Waals surface area contributed by atoms with Crippen LogP contribution in [-0.4, -0.2) is 47.1 Å². The molecule has 1 aromatic carbocycles. The van der Waals surface area contributed by atoms with Gasteiger partial charge >= 0.3 is 0 Å². The number of anilines is 1. The molecule has 0 amide bonds. The van der Waals surface area contributed by atoms with Crippen LogP contribution in [0.25, 0.3) is 11.4 Å². The largest absolute Gasteiger partial charge is 0.493 e. The first-order valence-corrected chi connectivity index (χ1v) is 11.8. The van der Waals surface area contributed by atoms with E-state index in [4.69, 9.17) is 9.72 Å². The van der Waals surface area contributed by atoms with Gasteiger partial charge in [0, 0.05) is 25.3 Å². The zero-order valence-corrected chi connectivity index (χ0v) is 21.0. The summed E-state index contributed by atoms with van der Waals surface area (Å²) in [6.45, 7) is 15.3. The number of benzene rings is 1. The van der Waals surface area contributed by atoms with Gasteiger partial charge in [0.25, 0.3) is 5.56 Å². The molecule has 0 spiro atoms. The molecule has 0 saturated carbocycles. The Morgan fingerprint density at radius 2 is 1.97 bits per heavy atom. The molecule has 0 aliphatic rings. The lowest BCUT2D eigenvalue weighted by Gasteiger charge is -2.24. The van der Waals surface area contributed by atoms with Crippen LogP contribution in [0.15, 0.2) is 32.5 Å². The molecule has 0 aliphatic carbocycles. The minimum Gasteiger partial charge on any atom is -0.493 e. The minimum absolute atomic E-state index is 0.0997. The number of nitrogens with zero attached hydrogens (tertiary/aromatic N) is 3. The molecule has 0 fully saturated rings. The van der Waals surface area contributed by atoms with Gasteiger partial charge in [-0.1, -0.05) is 20.8 Å². The van der Waals surface area contributed by atoms with Crippen molar-refractivity contribution in [2.45, 2.75) is 53.9 Å². The van der Waals surface area contributed by atoms with E-state index in [-0.39, 0.29) is 11.5 Å². The number of aromatic nitrogens is 2. The van der Waals surface area contributed by atoms with Crippen LogP contribution in [0.3, 0.4) is 0 Å². The van der Waals surface area contributed by atoms with Crippen molar-refractivity contribution in [3.05, 3.63) is 38.7 Å². The highest BCUT2D eigenvalue weighted by Crippen LogP contribution is 2.32. The summed E-state index contributed by atoms with van der Waals surface area (Å²) in [5.41, 5.74) is 2.11. The van der Waals surface area contributed by atoms with E-state index in [1.807, 2.05) is 39.0 Å². The Hall–Kier alpha value is -2.35. The van der Waals surface area contributed by atoms with Crippen LogP contribution in [0.2, 0.25) is 0 Å². The number of halogens is 1. The summed E-state index contributed by atoms with van der Waals surface area (Å²) in [5.74, 6) is 2.09. The summed E-state index contributed by atoms with van der Waals surface area (Å²) >= 11 is 3.37. The molecule has 2 N–H and O–H groups in total. The first-order valence-electron chi connectivity index (χ1n) is 11.0. The van der Waals surface area contributed by atoms with Gasteiger partial charge in [0.05, 0.1) is 17.9 Å². The summed E-state index contributed by atoms with van der Waals surface area (Å²) in [6.07, 6.45) is 0.885. The molecular formula is C23H34BrN5O2. The maximum Gasteiger partial charge on any atom is 0.265 e. The fraction of sp³-hybridized carbons (Fsp3) is 0.522. The smallest absolute Gasteiger partial charge is 0.265 e. The molecule has 1 heterocycles. The van der Waals surface area contributed by atoms with Crippen LogP contribution < -0.4 is 15.6 Å². The molecule has 8 heteroatoms. The second-order valence-electron chi connectivity index (χ2n) is 7.42. The van der Waals surface area contributed by atoms with Gasteiger partial charge in [0.2, 0.25) is 0 Å². The Balaban J connectivity index is 2.57. The molecule has 0 saturated heterocycles. The number of nitrogens with one attached hydrogen (secondary N) is 2. The lowest BCUT2D eigenvalue weighted by molar-refractivity contribution is 0.318. The highest BCUT2D eigenvalue weighted by Gasteiger charge is 2.17. The number of aliphatic imine (C=N–C) groups is 1. The first-order chi connectivity index (χ1) is 14.9. The van der Waals surface area contributed by atoms with Crippen LogP contribution >= 0.6 is 15.9 Å². The van der Waals surface area contributed by atoms with E-state index >= 15 is 0 Å². The number of rotatable bonds is 9. The van der Waals surface area contributed by atoms with Gasteiger partial charge in [-0.25, -0.2) is 4.98 Å². The normalized spacial score (nSPS) is 11.7. The highest BCUT2D eigenvalue weighted by molar-refractivity contribution is 9.10. The van der Waals surface area contributed by atoms with Crippen molar-refractivity contribution in [1.82, 2.24) is 14.9 Å². The van der Waals surface area contributed by atoms with Crippen LogP contribution in [-0.2, 0) is 0 Å². The summed E-state index contributed by atoms with van der Waals surface area (Å²) in [4.78, 5) is 27.0. The second-order valence-corrected chi connectivity index (χ2v) is 8.22. The van der Waals surface area contributed by atoms with Gasteiger partial charge in [-0.2, -0.15) is 0 Å². The zero-order chi connectivity index (χ0) is 23.0. The fourth-order valence-electron chi connectivity index (χ4n) is 3.14. The Morgan fingerprint density at radius 1 is 1.26 bits per heavy atom. The lowest BCUT2D eigenvalue weighted by Crippen LogP contribution is -2.36. The number of hydrogen-bond acceptors (Lipinski definition) is 4. The molecule has 7 nitrogen and oxygen atoms in total. The van der Waals surface area contributed by atoms with Gasteiger partial charge in [0.15, 0.2) is 5.96 Å². The zero-order valence-electron chi connectivity index (χ0n) is 19.4. The van der Waals surface area contributed by atoms with E-state index in [1.54, 1.807) is 0 Å². The van der Waals surface area contributed by atoms with Crippen LogP contribution in [0, 0.1) is 0 Å². The molecule has 1 aromatic heterocycles. The maximum absolute atomic E-state index is 12.6. The third-order valence-corrected chi connectivity index (χ3v) is 5.53. The maximum atomic E-state index is 12.6. The molecule has 31 heavy (non-hydrogen) atoms. The molecule has 2 rings (SSSR count). The Morgan fingerprint density at radius 3 is 2.55 bits per heavy atom. The lowest BCUT2D eigenvalue weighted by atomic mass is 10.1. The quantitative estimate of drug-likeness (QED) is 0.370. The van der Waals surface area contributed by atoms with E-state index in [0.717, 1.165) is 42.4 Å². The first kappa shape index (κ1) is 24.9. The predicted molar refractivity (Wildman–Crippen MR) is 132 cm³/mol. The summed E-state index contributed by atoms with van der Waals surface area (Å²) in [6, 6.07) is 5.83. The number of hydrogen-bond donors (Lipinski definition) is 2. The van der Waals surface area contributed by atoms with Crippen molar-refractivity contribution >= 4 is 27.6 Å². The number of ether oxygens (including phenoxy) is 1. The Labute approximate surface area is 193 Å². The van der Waals surface area contributed by atoms with Crippen molar-refractivity contribution in [2.24, 2.45) is 4.99 Å². The topological polar surface area (TPSA) is 82.6 Å². The molecule has 170 valence electrons. The van der Waals surface area contributed by atoms with E-state index in [1.165, 1.54) is 0 Å². The van der Waals surface area contributed by atoms with Crippen molar-refractivity contribution in [3.63, 3.8) is 0 Å². The number of H-pyrrole nitrogens is 1. The third-order valence-electron chi connectivity index (χ3n) is 4.76. The molecule has 0 radical (unpaired) electrons. The van der Waals surface area contributed by atoms with Gasteiger partial charge in [-0.3, -0.25) is 9.79 Å². The Bertz CT molecular complexity index is 951. The second kappa shape index (κ2) is 11.9. The van der Waals surface area contributed by atoms with Crippen LogP contribution in [0.5, 0.6) is 5.75 Å². The fourth-order valence-corrected chi connectivity index (χ4v) is 3.78. The highest BCUT2D eigenvalue weighted by atomic mass is 79.9. The van der Waals surface area contributed by atoms with Crippen LogP contribution in [0.4, 0.5) is 5.69 Å². The third kappa shape index (κ3) is 6.32. The van der Waals surface area contributed by atoms with E-state index in [0.29, 0.717) is 29.2 Å². The standard InChI is InChI=1S/C23H34BrN5O2/c1-7-13-31-18-12-11-16(26-23(25-8-2)29(9-3)10-4)14-17(18)21-27-20(15(5)6)19(24)22(30)28-21/h11-12,14-15H,7-10,13H2,1-6H3,(H,25,26)(H,27,28,30). The van der Waals surface area contributed by atoms with Crippen molar-refractivity contribution in [2.75, 3.05) is 31.6 Å². The molecule has 0 aliphatic heterocycles. The molecule has 0 bridgehead atoms. The molecular weight excluding hydrogens is 458 g/mol. The van der Waals surface area contributed by atoms with E-state index < -0.39 is 0 Å². The summed E-state index contributed by atoms with van der Waals surface area (Å²) in [5, 5.41) is 3.43. The SMILES string of the molecule is CCCOc1ccc(N/C(=N/CC)N(CC)CC)cc1-c1nc(C(C)C)c(Br)c(=O)[nH]1.